The van der Waals surface area contributed by atoms with Crippen LogP contribution in [0.4, 0.5) is 4.79 Å². The monoisotopic (exact) mass is 209 g/mol. The number of urea groups is 1. The Hall–Kier alpha value is -1.06. The van der Waals surface area contributed by atoms with E-state index in [4.69, 9.17) is 5.73 Å². The van der Waals surface area contributed by atoms with Gasteiger partial charge in [-0.25, -0.2) is 10.2 Å². The minimum absolute atomic E-state index is 0.556. The molecule has 0 saturated heterocycles. The molecular weight excluding hydrogens is 190 g/mol. The van der Waals surface area contributed by atoms with Gasteiger partial charge in [-0.1, -0.05) is 19.3 Å². The third-order valence-electron chi connectivity index (χ3n) is 3.42. The molecule has 2 unspecified atom stereocenters. The van der Waals surface area contributed by atoms with Gasteiger partial charge < -0.3 is 5.73 Å². The Bertz CT molecular complexity index is 275. The molecular formula is C11H19N3O. The average Bonchev–Trinajstić information content (AvgIpc) is 2.94. The number of nitrogens with one attached hydrogen (secondary N) is 1. The lowest BCUT2D eigenvalue weighted by Crippen LogP contribution is -2.26. The van der Waals surface area contributed by atoms with Crippen LogP contribution in [-0.4, -0.2) is 11.7 Å². The number of nitrogens with zero attached hydrogens (tertiary/aromatic N) is 1. The van der Waals surface area contributed by atoms with Crippen molar-refractivity contribution in [2.45, 2.75) is 44.9 Å². The standard InChI is InChI=1S/C11H19N3O/c12-11(15)14-13-10-6-4-2-1-3-5-8-7-9(8)10/h8-9H,1-7H2,(H3,12,14,15)/b13-10-. The van der Waals surface area contributed by atoms with Crippen LogP contribution in [0.3, 0.4) is 0 Å². The van der Waals surface area contributed by atoms with E-state index in [0.29, 0.717) is 5.92 Å². The Morgan fingerprint density at radius 2 is 2.13 bits per heavy atom. The van der Waals surface area contributed by atoms with E-state index < -0.39 is 6.03 Å². The summed E-state index contributed by atoms with van der Waals surface area (Å²) in [5.74, 6) is 1.46. The highest BCUT2D eigenvalue weighted by Crippen LogP contribution is 2.45. The first-order valence-electron chi connectivity index (χ1n) is 5.89. The Labute approximate surface area is 90.3 Å². The maximum absolute atomic E-state index is 10.6. The number of hydrogen-bond donors (Lipinski definition) is 2. The SMILES string of the molecule is NC(=O)N/N=C1/CCCCCCC2CC12. The smallest absolute Gasteiger partial charge is 0.332 e. The molecule has 2 aliphatic carbocycles. The van der Waals surface area contributed by atoms with Gasteiger partial charge in [0, 0.05) is 11.6 Å². The van der Waals surface area contributed by atoms with Gasteiger partial charge in [-0.15, -0.1) is 0 Å². The number of carbonyl (C=O) groups is 1. The molecule has 0 aromatic rings. The van der Waals surface area contributed by atoms with E-state index in [9.17, 15) is 4.79 Å². The second-order valence-electron chi connectivity index (χ2n) is 4.63. The summed E-state index contributed by atoms with van der Waals surface area (Å²) in [6.07, 6.45) is 8.82. The predicted molar refractivity (Wildman–Crippen MR) is 59.5 cm³/mol. The molecule has 0 aromatic carbocycles. The number of fused-ring (bicyclic) bond motifs is 1. The number of primary amides is 1. The lowest BCUT2D eigenvalue weighted by molar-refractivity contribution is 0.249. The Balaban J connectivity index is 1.95. The van der Waals surface area contributed by atoms with Crippen molar-refractivity contribution in [1.29, 1.82) is 0 Å². The second kappa shape index (κ2) is 4.64. The van der Waals surface area contributed by atoms with Crippen LogP contribution < -0.4 is 11.2 Å². The molecule has 0 aromatic heterocycles. The van der Waals surface area contributed by atoms with Crippen molar-refractivity contribution in [2.75, 3.05) is 0 Å². The van der Waals surface area contributed by atoms with Crippen LogP contribution in [-0.2, 0) is 0 Å². The van der Waals surface area contributed by atoms with E-state index in [0.717, 1.165) is 12.3 Å². The van der Waals surface area contributed by atoms with Gasteiger partial charge in [-0.3, -0.25) is 0 Å². The van der Waals surface area contributed by atoms with Gasteiger partial charge in [0.15, 0.2) is 0 Å². The van der Waals surface area contributed by atoms with E-state index in [1.54, 1.807) is 0 Å². The van der Waals surface area contributed by atoms with E-state index in [1.807, 2.05) is 0 Å². The summed E-state index contributed by atoms with van der Waals surface area (Å²) in [6, 6.07) is -0.556. The van der Waals surface area contributed by atoms with Gasteiger partial charge in [0.05, 0.1) is 0 Å². The lowest BCUT2D eigenvalue weighted by Gasteiger charge is -2.04. The molecule has 2 atom stereocenters. The van der Waals surface area contributed by atoms with Crippen LogP contribution in [0.25, 0.3) is 0 Å². The van der Waals surface area contributed by atoms with E-state index >= 15 is 0 Å². The summed E-state index contributed by atoms with van der Waals surface area (Å²) in [7, 11) is 0. The fourth-order valence-electron chi connectivity index (χ4n) is 2.49. The molecule has 2 fully saturated rings. The summed E-state index contributed by atoms with van der Waals surface area (Å²) in [6.45, 7) is 0. The number of amides is 2. The summed E-state index contributed by atoms with van der Waals surface area (Å²) in [5.41, 5.74) is 8.55. The maximum Gasteiger partial charge on any atom is 0.332 e. The Morgan fingerprint density at radius 1 is 1.33 bits per heavy atom. The van der Waals surface area contributed by atoms with Crippen molar-refractivity contribution in [1.82, 2.24) is 5.43 Å². The van der Waals surface area contributed by atoms with Crippen LogP contribution in [0.15, 0.2) is 5.10 Å². The van der Waals surface area contributed by atoms with Gasteiger partial charge in [0.2, 0.25) is 0 Å². The minimum Gasteiger partial charge on any atom is -0.350 e. The van der Waals surface area contributed by atoms with Crippen LogP contribution in [0, 0.1) is 11.8 Å². The van der Waals surface area contributed by atoms with Crippen molar-refractivity contribution in [3.05, 3.63) is 0 Å². The van der Waals surface area contributed by atoms with Gasteiger partial charge in [-0.05, 0) is 31.6 Å². The van der Waals surface area contributed by atoms with Gasteiger partial charge in [0.1, 0.15) is 0 Å². The largest absolute Gasteiger partial charge is 0.350 e. The molecule has 4 heteroatoms. The number of hydrogen-bond acceptors (Lipinski definition) is 2. The summed E-state index contributed by atoms with van der Waals surface area (Å²) in [4.78, 5) is 10.6. The van der Waals surface area contributed by atoms with Crippen LogP contribution in [0.2, 0.25) is 0 Å². The highest BCUT2D eigenvalue weighted by molar-refractivity contribution is 5.90. The van der Waals surface area contributed by atoms with Gasteiger partial charge in [-0.2, -0.15) is 5.10 Å². The highest BCUT2D eigenvalue weighted by Gasteiger charge is 2.40. The molecule has 2 saturated carbocycles. The fraction of sp³-hybridized carbons (Fsp3) is 0.818. The third-order valence-corrected chi connectivity index (χ3v) is 3.42. The van der Waals surface area contributed by atoms with Crippen molar-refractivity contribution >= 4 is 11.7 Å². The zero-order chi connectivity index (χ0) is 10.7. The zero-order valence-electron chi connectivity index (χ0n) is 9.04. The predicted octanol–water partition coefficient (Wildman–Crippen LogP) is 2.00. The van der Waals surface area contributed by atoms with Crippen molar-refractivity contribution in [2.24, 2.45) is 22.7 Å². The van der Waals surface area contributed by atoms with Gasteiger partial charge in [0.25, 0.3) is 0 Å². The van der Waals surface area contributed by atoms with Crippen LogP contribution >= 0.6 is 0 Å². The molecule has 2 rings (SSSR count). The molecule has 0 bridgehead atoms. The second-order valence-corrected chi connectivity index (χ2v) is 4.63. The topological polar surface area (TPSA) is 67.5 Å². The minimum atomic E-state index is -0.556. The lowest BCUT2D eigenvalue weighted by atomic mass is 10.1. The normalized spacial score (nSPS) is 33.5. The summed E-state index contributed by atoms with van der Waals surface area (Å²) < 4.78 is 0. The van der Waals surface area contributed by atoms with Crippen molar-refractivity contribution in [3.8, 4) is 0 Å². The maximum atomic E-state index is 10.6. The van der Waals surface area contributed by atoms with Gasteiger partial charge >= 0.3 is 6.03 Å². The highest BCUT2D eigenvalue weighted by atomic mass is 16.2. The number of rotatable bonds is 1. The first-order valence-corrected chi connectivity index (χ1v) is 5.89. The molecule has 0 radical (unpaired) electrons. The van der Waals surface area contributed by atoms with E-state index in [1.165, 1.54) is 44.2 Å². The summed E-state index contributed by atoms with van der Waals surface area (Å²) >= 11 is 0. The van der Waals surface area contributed by atoms with E-state index in [2.05, 4.69) is 10.5 Å². The number of carbonyl (C=O) groups excluding carboxylic acids is 1. The first kappa shape index (κ1) is 10.5. The average molecular weight is 209 g/mol. The Morgan fingerprint density at radius 3 is 2.93 bits per heavy atom. The van der Waals surface area contributed by atoms with Crippen LogP contribution in [0.5, 0.6) is 0 Å². The van der Waals surface area contributed by atoms with Crippen molar-refractivity contribution < 1.29 is 4.79 Å². The molecule has 3 N–H and O–H groups in total. The molecule has 2 amide bonds. The quantitative estimate of drug-likeness (QED) is 0.637. The molecule has 84 valence electrons. The van der Waals surface area contributed by atoms with Crippen molar-refractivity contribution in [3.63, 3.8) is 0 Å². The number of hydrazone groups is 1. The molecule has 0 aliphatic heterocycles. The summed E-state index contributed by atoms with van der Waals surface area (Å²) in [5, 5.41) is 4.14. The first-order chi connectivity index (χ1) is 7.27. The zero-order valence-corrected chi connectivity index (χ0v) is 9.04. The molecule has 15 heavy (non-hydrogen) atoms. The fourth-order valence-corrected chi connectivity index (χ4v) is 2.49. The number of nitrogens with two attached hydrogens (primary N) is 1. The molecule has 0 spiro atoms. The molecule has 4 nitrogen and oxygen atoms in total. The molecule has 0 heterocycles. The third kappa shape index (κ3) is 2.94. The molecule has 2 aliphatic rings. The Kier molecular flexibility index (Phi) is 3.23. The van der Waals surface area contributed by atoms with Crippen LogP contribution in [0.1, 0.15) is 44.9 Å². The van der Waals surface area contributed by atoms with E-state index in [-0.39, 0.29) is 0 Å².